The van der Waals surface area contributed by atoms with E-state index in [4.69, 9.17) is 14.2 Å². The molecule has 134 valence electrons. The van der Waals surface area contributed by atoms with E-state index in [1.165, 1.54) is 6.20 Å². The highest BCUT2D eigenvalue weighted by atomic mass is 16.5. The molecule has 0 spiro atoms. The van der Waals surface area contributed by atoms with Gasteiger partial charge in [0.2, 0.25) is 5.95 Å². The smallest absolute Gasteiger partial charge is 0.249 e. The van der Waals surface area contributed by atoms with E-state index in [-0.39, 0.29) is 0 Å². The molecule has 0 saturated carbocycles. The van der Waals surface area contributed by atoms with Crippen LogP contribution < -0.4 is 24.8 Å². The molecular weight excluding hydrogens is 334 g/mol. The van der Waals surface area contributed by atoms with Crippen LogP contribution in [0.5, 0.6) is 17.2 Å². The van der Waals surface area contributed by atoms with Crippen molar-refractivity contribution in [2.45, 2.75) is 0 Å². The van der Waals surface area contributed by atoms with Crippen molar-refractivity contribution in [3.05, 3.63) is 48.7 Å². The summed E-state index contributed by atoms with van der Waals surface area (Å²) in [6.45, 7) is 0. The lowest BCUT2D eigenvalue weighted by Crippen LogP contribution is -2.02. The second kappa shape index (κ2) is 8.02. The molecule has 0 fully saturated rings. The largest absolute Gasteiger partial charge is 0.497 e. The summed E-state index contributed by atoms with van der Waals surface area (Å²) >= 11 is 0. The maximum Gasteiger partial charge on any atom is 0.249 e. The van der Waals surface area contributed by atoms with Crippen LogP contribution >= 0.6 is 0 Å². The van der Waals surface area contributed by atoms with Gasteiger partial charge in [-0.05, 0) is 24.3 Å². The van der Waals surface area contributed by atoms with Gasteiger partial charge in [0.25, 0.3) is 0 Å². The molecule has 3 rings (SSSR count). The van der Waals surface area contributed by atoms with Crippen LogP contribution in [0.4, 0.5) is 23.1 Å². The van der Waals surface area contributed by atoms with Gasteiger partial charge >= 0.3 is 0 Å². The third kappa shape index (κ3) is 4.10. The molecule has 1 heterocycles. The van der Waals surface area contributed by atoms with Crippen LogP contribution in [-0.4, -0.2) is 36.5 Å². The number of aromatic nitrogens is 3. The number of hydrogen-bond donors (Lipinski definition) is 2. The lowest BCUT2D eigenvalue weighted by atomic mass is 10.2. The number of anilines is 4. The minimum absolute atomic E-state index is 0.365. The number of hydrogen-bond acceptors (Lipinski definition) is 8. The second-order valence-electron chi connectivity index (χ2n) is 5.22. The Morgan fingerprint density at radius 1 is 0.808 bits per heavy atom. The third-order valence-corrected chi connectivity index (χ3v) is 3.54. The van der Waals surface area contributed by atoms with Gasteiger partial charge < -0.3 is 24.8 Å². The Morgan fingerprint density at radius 2 is 1.62 bits per heavy atom. The zero-order valence-corrected chi connectivity index (χ0v) is 14.7. The highest BCUT2D eigenvalue weighted by molar-refractivity contribution is 5.62. The summed E-state index contributed by atoms with van der Waals surface area (Å²) in [6.07, 6.45) is 1.54. The first-order valence-corrected chi connectivity index (χ1v) is 7.81. The Labute approximate surface area is 151 Å². The number of nitrogens with one attached hydrogen (secondary N) is 2. The molecule has 8 nitrogen and oxygen atoms in total. The molecule has 8 heteroatoms. The normalized spacial score (nSPS) is 10.1. The Kier molecular flexibility index (Phi) is 5.33. The average molecular weight is 353 g/mol. The molecule has 2 N–H and O–H groups in total. The van der Waals surface area contributed by atoms with Crippen LogP contribution in [0.15, 0.2) is 48.7 Å². The Hall–Kier alpha value is -3.55. The van der Waals surface area contributed by atoms with Crippen molar-refractivity contribution < 1.29 is 14.2 Å². The highest BCUT2D eigenvalue weighted by Gasteiger charge is 2.07. The van der Waals surface area contributed by atoms with Crippen LogP contribution in [0, 0.1) is 0 Å². The molecule has 1 aromatic heterocycles. The van der Waals surface area contributed by atoms with E-state index in [9.17, 15) is 0 Å². The first-order valence-electron chi connectivity index (χ1n) is 7.81. The summed E-state index contributed by atoms with van der Waals surface area (Å²) in [5.41, 5.74) is 1.59. The maximum absolute atomic E-state index is 5.30. The van der Waals surface area contributed by atoms with Crippen molar-refractivity contribution >= 4 is 23.1 Å². The first-order chi connectivity index (χ1) is 12.7. The second-order valence-corrected chi connectivity index (χ2v) is 5.22. The van der Waals surface area contributed by atoms with Crippen molar-refractivity contribution in [2.75, 3.05) is 32.0 Å². The standard InChI is InChI=1S/C18H19N5O3/c1-24-14-6-4-5-12(9-14)21-18-22-17(11-19-23-18)20-13-7-8-15(25-2)16(10-13)26-3/h4-11H,1-3H3,(H2,20,21,22,23). The molecule has 2 aromatic carbocycles. The van der Waals surface area contributed by atoms with Gasteiger partial charge in [-0.2, -0.15) is 10.1 Å². The third-order valence-electron chi connectivity index (χ3n) is 3.54. The van der Waals surface area contributed by atoms with Gasteiger partial charge in [0, 0.05) is 23.5 Å². The summed E-state index contributed by atoms with van der Waals surface area (Å²) in [6, 6.07) is 13.0. The van der Waals surface area contributed by atoms with Crippen molar-refractivity contribution in [1.29, 1.82) is 0 Å². The molecule has 26 heavy (non-hydrogen) atoms. The lowest BCUT2D eigenvalue weighted by Gasteiger charge is -2.11. The van der Waals surface area contributed by atoms with Gasteiger partial charge in [0.15, 0.2) is 17.3 Å². The number of ether oxygens (including phenoxy) is 3. The summed E-state index contributed by atoms with van der Waals surface area (Å²) in [4.78, 5) is 4.41. The maximum atomic E-state index is 5.30. The number of nitrogens with zero attached hydrogens (tertiary/aromatic N) is 3. The fraction of sp³-hybridized carbons (Fsp3) is 0.167. The molecule has 0 radical (unpaired) electrons. The minimum Gasteiger partial charge on any atom is -0.497 e. The molecule has 0 atom stereocenters. The van der Waals surface area contributed by atoms with E-state index < -0.39 is 0 Å². The van der Waals surface area contributed by atoms with Gasteiger partial charge in [-0.1, -0.05) is 6.07 Å². The molecule has 0 unspecified atom stereocenters. The van der Waals surface area contributed by atoms with E-state index in [1.807, 2.05) is 42.5 Å². The molecule has 0 saturated heterocycles. The first kappa shape index (κ1) is 17.3. The van der Waals surface area contributed by atoms with Crippen molar-refractivity contribution in [3.63, 3.8) is 0 Å². The molecule has 0 aliphatic heterocycles. The molecule has 0 aliphatic rings. The van der Waals surface area contributed by atoms with Gasteiger partial charge in [-0.25, -0.2) is 0 Å². The van der Waals surface area contributed by atoms with Gasteiger partial charge in [-0.15, -0.1) is 5.10 Å². The number of rotatable bonds is 7. The fourth-order valence-corrected chi connectivity index (χ4v) is 2.31. The molecule has 3 aromatic rings. The van der Waals surface area contributed by atoms with E-state index in [0.717, 1.165) is 17.1 Å². The van der Waals surface area contributed by atoms with Crippen LogP contribution in [0.25, 0.3) is 0 Å². The van der Waals surface area contributed by atoms with Crippen LogP contribution in [0.3, 0.4) is 0 Å². The van der Waals surface area contributed by atoms with Crippen molar-refractivity contribution in [1.82, 2.24) is 15.2 Å². The summed E-state index contributed by atoms with van der Waals surface area (Å²) in [5.74, 6) is 2.91. The van der Waals surface area contributed by atoms with Gasteiger partial charge in [0.05, 0.1) is 27.5 Å². The average Bonchev–Trinajstić information content (AvgIpc) is 2.68. The summed E-state index contributed by atoms with van der Waals surface area (Å²) in [7, 11) is 4.80. The predicted octanol–water partition coefficient (Wildman–Crippen LogP) is 3.38. The Bertz CT molecular complexity index is 888. The van der Waals surface area contributed by atoms with E-state index in [0.29, 0.717) is 23.3 Å². The molecular formula is C18H19N5O3. The summed E-state index contributed by atoms with van der Waals surface area (Å²) in [5, 5.41) is 14.2. The van der Waals surface area contributed by atoms with Crippen LogP contribution in [0.2, 0.25) is 0 Å². The van der Waals surface area contributed by atoms with Gasteiger partial charge in [0.1, 0.15) is 5.75 Å². The minimum atomic E-state index is 0.365. The molecule has 0 aliphatic carbocycles. The highest BCUT2D eigenvalue weighted by Crippen LogP contribution is 2.30. The SMILES string of the molecule is COc1cccc(Nc2nncc(Nc3ccc(OC)c(OC)c3)n2)c1. The van der Waals surface area contributed by atoms with Crippen molar-refractivity contribution in [3.8, 4) is 17.2 Å². The molecule has 0 bridgehead atoms. The lowest BCUT2D eigenvalue weighted by molar-refractivity contribution is 0.355. The quantitative estimate of drug-likeness (QED) is 0.668. The van der Waals surface area contributed by atoms with E-state index in [1.54, 1.807) is 21.3 Å². The van der Waals surface area contributed by atoms with E-state index >= 15 is 0 Å². The Balaban J connectivity index is 1.77. The Morgan fingerprint density at radius 3 is 2.38 bits per heavy atom. The predicted molar refractivity (Wildman–Crippen MR) is 98.9 cm³/mol. The van der Waals surface area contributed by atoms with Crippen LogP contribution in [0.1, 0.15) is 0 Å². The number of methoxy groups -OCH3 is 3. The van der Waals surface area contributed by atoms with E-state index in [2.05, 4.69) is 25.8 Å². The van der Waals surface area contributed by atoms with Gasteiger partial charge in [-0.3, -0.25) is 0 Å². The summed E-state index contributed by atoms with van der Waals surface area (Å²) < 4.78 is 15.7. The number of benzene rings is 2. The zero-order chi connectivity index (χ0) is 18.4. The monoisotopic (exact) mass is 353 g/mol. The van der Waals surface area contributed by atoms with Crippen LogP contribution in [-0.2, 0) is 0 Å². The fourth-order valence-electron chi connectivity index (χ4n) is 2.31. The molecule has 0 amide bonds. The topological polar surface area (TPSA) is 90.4 Å². The zero-order valence-electron chi connectivity index (χ0n) is 14.7. The van der Waals surface area contributed by atoms with Crippen molar-refractivity contribution in [2.24, 2.45) is 0 Å².